The third-order valence-corrected chi connectivity index (χ3v) is 3.19. The minimum Gasteiger partial charge on any atom is -0.378 e. The van der Waals surface area contributed by atoms with Gasteiger partial charge >= 0.3 is 6.18 Å². The van der Waals surface area contributed by atoms with Crippen LogP contribution in [0.15, 0.2) is 6.07 Å². The highest BCUT2D eigenvalue weighted by atomic mass is 19.4. The number of nitrogens with two attached hydrogens (primary N) is 1. The van der Waals surface area contributed by atoms with Gasteiger partial charge in [-0.05, 0) is 19.8 Å². The molecule has 1 aliphatic rings. The van der Waals surface area contributed by atoms with Gasteiger partial charge in [-0.15, -0.1) is 0 Å². The van der Waals surface area contributed by atoms with Crippen LogP contribution in [0.25, 0.3) is 0 Å². The molecule has 0 bridgehead atoms. The number of hydrogen-bond acceptors (Lipinski definition) is 5. The Labute approximate surface area is 114 Å². The van der Waals surface area contributed by atoms with Gasteiger partial charge in [-0.2, -0.15) is 18.2 Å². The average molecular weight is 290 g/mol. The molecular formula is C12H17F3N4O. The fraction of sp³-hybridized carbons (Fsp3) is 0.667. The van der Waals surface area contributed by atoms with Crippen LogP contribution in [0.2, 0.25) is 0 Å². The zero-order valence-electron chi connectivity index (χ0n) is 11.2. The van der Waals surface area contributed by atoms with Crippen LogP contribution >= 0.6 is 0 Å². The first kappa shape index (κ1) is 14.8. The van der Waals surface area contributed by atoms with Crippen LogP contribution in [-0.4, -0.2) is 35.8 Å². The molecule has 1 saturated heterocycles. The van der Waals surface area contributed by atoms with E-state index in [1.807, 2.05) is 6.92 Å². The summed E-state index contributed by atoms with van der Waals surface area (Å²) in [6.45, 7) is 3.76. The van der Waals surface area contributed by atoms with E-state index in [2.05, 4.69) is 9.97 Å². The van der Waals surface area contributed by atoms with Crippen molar-refractivity contribution in [1.82, 2.24) is 9.97 Å². The van der Waals surface area contributed by atoms with Crippen molar-refractivity contribution in [3.05, 3.63) is 11.8 Å². The quantitative estimate of drug-likeness (QED) is 0.923. The maximum atomic E-state index is 12.7. The lowest BCUT2D eigenvalue weighted by Gasteiger charge is -2.32. The molecule has 1 fully saturated rings. The molecule has 5 nitrogen and oxygen atoms in total. The molecular weight excluding hydrogens is 273 g/mol. The van der Waals surface area contributed by atoms with Crippen molar-refractivity contribution in [3.8, 4) is 0 Å². The summed E-state index contributed by atoms with van der Waals surface area (Å²) >= 11 is 0. The van der Waals surface area contributed by atoms with Gasteiger partial charge in [-0.1, -0.05) is 0 Å². The van der Waals surface area contributed by atoms with Crippen molar-refractivity contribution in [2.75, 3.05) is 30.3 Å². The van der Waals surface area contributed by atoms with Crippen molar-refractivity contribution in [2.45, 2.75) is 32.0 Å². The number of piperidine rings is 1. The SMILES string of the molecule is CCOC1CCN(c2cc(C(F)(F)F)nc(N)n2)CC1. The molecule has 1 aromatic heterocycles. The monoisotopic (exact) mass is 290 g/mol. The van der Waals surface area contributed by atoms with Crippen LogP contribution in [0.1, 0.15) is 25.5 Å². The van der Waals surface area contributed by atoms with E-state index in [-0.39, 0.29) is 17.9 Å². The molecule has 8 heteroatoms. The fourth-order valence-corrected chi connectivity index (χ4v) is 2.25. The molecule has 20 heavy (non-hydrogen) atoms. The average Bonchev–Trinajstić information content (AvgIpc) is 2.38. The topological polar surface area (TPSA) is 64.3 Å². The Morgan fingerprint density at radius 1 is 1.35 bits per heavy atom. The lowest BCUT2D eigenvalue weighted by molar-refractivity contribution is -0.141. The number of aromatic nitrogens is 2. The highest BCUT2D eigenvalue weighted by Gasteiger charge is 2.34. The van der Waals surface area contributed by atoms with Gasteiger partial charge in [-0.3, -0.25) is 0 Å². The van der Waals surface area contributed by atoms with Gasteiger partial charge in [0.2, 0.25) is 5.95 Å². The van der Waals surface area contributed by atoms with Crippen molar-refractivity contribution in [2.24, 2.45) is 0 Å². The van der Waals surface area contributed by atoms with Gasteiger partial charge in [-0.25, -0.2) is 4.98 Å². The number of nitrogens with zero attached hydrogens (tertiary/aromatic N) is 3. The Morgan fingerprint density at radius 3 is 2.55 bits per heavy atom. The summed E-state index contributed by atoms with van der Waals surface area (Å²) in [6.07, 6.45) is -2.83. The molecule has 0 aromatic carbocycles. The molecule has 0 unspecified atom stereocenters. The minimum atomic E-state index is -4.52. The molecule has 0 atom stereocenters. The molecule has 0 aliphatic carbocycles. The second-order valence-corrected chi connectivity index (χ2v) is 4.61. The number of anilines is 2. The van der Waals surface area contributed by atoms with E-state index in [0.29, 0.717) is 19.7 Å². The van der Waals surface area contributed by atoms with Crippen molar-refractivity contribution >= 4 is 11.8 Å². The first-order chi connectivity index (χ1) is 9.40. The van der Waals surface area contributed by atoms with Crippen LogP contribution in [0, 0.1) is 0 Å². The van der Waals surface area contributed by atoms with Crippen molar-refractivity contribution < 1.29 is 17.9 Å². The Hall–Kier alpha value is -1.57. The van der Waals surface area contributed by atoms with Gasteiger partial charge in [0.1, 0.15) is 5.82 Å². The maximum Gasteiger partial charge on any atom is 0.433 e. The van der Waals surface area contributed by atoms with Crippen molar-refractivity contribution in [1.29, 1.82) is 0 Å². The molecule has 2 rings (SSSR count). The summed E-state index contributed by atoms with van der Waals surface area (Å²) in [5, 5.41) is 0. The third-order valence-electron chi connectivity index (χ3n) is 3.19. The largest absolute Gasteiger partial charge is 0.433 e. The lowest BCUT2D eigenvalue weighted by atomic mass is 10.1. The number of nitrogen functional groups attached to an aromatic ring is 1. The van der Waals surface area contributed by atoms with E-state index < -0.39 is 11.9 Å². The van der Waals surface area contributed by atoms with Crippen molar-refractivity contribution in [3.63, 3.8) is 0 Å². The second kappa shape index (κ2) is 5.82. The number of hydrogen-bond donors (Lipinski definition) is 1. The van der Waals surface area contributed by atoms with Crippen LogP contribution in [-0.2, 0) is 10.9 Å². The fourth-order valence-electron chi connectivity index (χ4n) is 2.25. The molecule has 2 heterocycles. The third kappa shape index (κ3) is 3.50. The highest BCUT2D eigenvalue weighted by Crippen LogP contribution is 2.30. The van der Waals surface area contributed by atoms with E-state index >= 15 is 0 Å². The lowest BCUT2D eigenvalue weighted by Crippen LogP contribution is -2.37. The zero-order chi connectivity index (χ0) is 14.8. The Morgan fingerprint density at radius 2 is 2.00 bits per heavy atom. The van der Waals surface area contributed by atoms with Gasteiger partial charge < -0.3 is 15.4 Å². The maximum absolute atomic E-state index is 12.7. The summed E-state index contributed by atoms with van der Waals surface area (Å²) in [5.41, 5.74) is 4.36. The molecule has 0 radical (unpaired) electrons. The molecule has 112 valence electrons. The number of rotatable bonds is 3. The van der Waals surface area contributed by atoms with Crippen LogP contribution in [0.3, 0.4) is 0 Å². The Bertz CT molecular complexity index is 459. The first-order valence-electron chi connectivity index (χ1n) is 6.48. The number of halogens is 3. The van der Waals surface area contributed by atoms with E-state index in [1.165, 1.54) is 0 Å². The molecule has 2 N–H and O–H groups in total. The first-order valence-corrected chi connectivity index (χ1v) is 6.48. The molecule has 1 aliphatic heterocycles. The molecule has 0 spiro atoms. The van der Waals surface area contributed by atoms with Gasteiger partial charge in [0.15, 0.2) is 5.69 Å². The van der Waals surface area contributed by atoms with Crippen LogP contribution < -0.4 is 10.6 Å². The van der Waals surface area contributed by atoms with Crippen LogP contribution in [0.5, 0.6) is 0 Å². The van der Waals surface area contributed by atoms with E-state index in [1.54, 1.807) is 4.90 Å². The Kier molecular flexibility index (Phi) is 4.32. The zero-order valence-corrected chi connectivity index (χ0v) is 11.2. The predicted octanol–water partition coefficient (Wildman–Crippen LogP) is 2.08. The summed E-state index contributed by atoms with van der Waals surface area (Å²) in [7, 11) is 0. The van der Waals surface area contributed by atoms with E-state index in [9.17, 15) is 13.2 Å². The smallest absolute Gasteiger partial charge is 0.378 e. The van der Waals surface area contributed by atoms with E-state index in [4.69, 9.17) is 10.5 Å². The predicted molar refractivity (Wildman–Crippen MR) is 68.3 cm³/mol. The second-order valence-electron chi connectivity index (χ2n) is 4.61. The normalized spacial score (nSPS) is 17.5. The van der Waals surface area contributed by atoms with Gasteiger partial charge in [0, 0.05) is 25.8 Å². The summed E-state index contributed by atoms with van der Waals surface area (Å²) in [4.78, 5) is 8.91. The molecule has 1 aromatic rings. The summed E-state index contributed by atoms with van der Waals surface area (Å²) in [6, 6.07) is 0.942. The number of alkyl halides is 3. The summed E-state index contributed by atoms with van der Waals surface area (Å²) in [5.74, 6) is -0.137. The molecule has 0 saturated carbocycles. The van der Waals surface area contributed by atoms with Gasteiger partial charge in [0.25, 0.3) is 0 Å². The van der Waals surface area contributed by atoms with Gasteiger partial charge in [0.05, 0.1) is 6.10 Å². The molecule has 0 amide bonds. The minimum absolute atomic E-state index is 0.164. The number of ether oxygens (including phenoxy) is 1. The highest BCUT2D eigenvalue weighted by molar-refractivity contribution is 5.44. The Balaban J connectivity index is 2.12. The summed E-state index contributed by atoms with van der Waals surface area (Å²) < 4.78 is 43.6. The van der Waals surface area contributed by atoms with Crippen LogP contribution in [0.4, 0.5) is 24.9 Å². The van der Waals surface area contributed by atoms with E-state index in [0.717, 1.165) is 18.9 Å². The standard InChI is InChI=1S/C12H17F3N4O/c1-2-20-8-3-5-19(6-4-8)10-7-9(12(13,14)15)17-11(16)18-10/h7-8H,2-6H2,1H3,(H2,16,17,18).